The van der Waals surface area contributed by atoms with Crippen LogP contribution in [-0.2, 0) is 4.74 Å². The lowest BCUT2D eigenvalue weighted by molar-refractivity contribution is 0.0983. The van der Waals surface area contributed by atoms with Crippen LogP contribution in [0.5, 0.6) is 0 Å². The fourth-order valence-corrected chi connectivity index (χ4v) is 1.77. The maximum absolute atomic E-state index is 5.64. The summed E-state index contributed by atoms with van der Waals surface area (Å²) in [6.45, 7) is 8.55. The number of hydrogen-bond donors (Lipinski definition) is 1. The highest BCUT2D eigenvalue weighted by atomic mass is 32.1. The molecule has 1 nitrogen and oxygen atoms in total. The molecule has 0 aliphatic rings. The normalized spacial score (nSPS) is 13.5. The van der Waals surface area contributed by atoms with E-state index in [0.29, 0.717) is 5.92 Å². The van der Waals surface area contributed by atoms with Crippen LogP contribution in [0.4, 0.5) is 0 Å². The highest BCUT2D eigenvalue weighted by Gasteiger charge is 2.05. The van der Waals surface area contributed by atoms with Crippen LogP contribution in [0, 0.1) is 11.8 Å². The zero-order valence-electron chi connectivity index (χ0n) is 9.96. The van der Waals surface area contributed by atoms with Crippen molar-refractivity contribution in [3.63, 3.8) is 0 Å². The summed E-state index contributed by atoms with van der Waals surface area (Å²) in [5.74, 6) is 2.41. The van der Waals surface area contributed by atoms with Gasteiger partial charge in [0.25, 0.3) is 0 Å². The standard InChI is InChI=1S/C12H26OS/c1-4-6-12(10-14)9-13-8-5-7-11(2)3/h11-12,14H,4-10H2,1-3H3. The van der Waals surface area contributed by atoms with Gasteiger partial charge in [0.05, 0.1) is 6.61 Å². The van der Waals surface area contributed by atoms with Gasteiger partial charge in [-0.15, -0.1) is 0 Å². The first-order chi connectivity index (χ1) is 6.70. The first kappa shape index (κ1) is 14.3. The third-order valence-corrected chi connectivity index (χ3v) is 2.90. The molecule has 0 bridgehead atoms. The van der Waals surface area contributed by atoms with Crippen LogP contribution in [0.2, 0.25) is 0 Å². The van der Waals surface area contributed by atoms with E-state index >= 15 is 0 Å². The second kappa shape index (κ2) is 9.85. The average Bonchev–Trinajstić information content (AvgIpc) is 2.15. The van der Waals surface area contributed by atoms with E-state index in [1.165, 1.54) is 25.7 Å². The minimum Gasteiger partial charge on any atom is -0.381 e. The highest BCUT2D eigenvalue weighted by Crippen LogP contribution is 2.09. The van der Waals surface area contributed by atoms with E-state index in [1.807, 2.05) is 0 Å². The second-order valence-corrected chi connectivity index (χ2v) is 4.81. The molecule has 0 fully saturated rings. The molecule has 2 heteroatoms. The Morgan fingerprint density at radius 2 is 1.93 bits per heavy atom. The molecule has 0 amide bonds. The first-order valence-electron chi connectivity index (χ1n) is 5.89. The van der Waals surface area contributed by atoms with E-state index < -0.39 is 0 Å². The molecule has 0 aliphatic carbocycles. The summed E-state index contributed by atoms with van der Waals surface area (Å²) in [5, 5.41) is 0. The van der Waals surface area contributed by atoms with Crippen LogP contribution in [0.25, 0.3) is 0 Å². The lowest BCUT2D eigenvalue weighted by atomic mass is 10.1. The van der Waals surface area contributed by atoms with Crippen LogP contribution < -0.4 is 0 Å². The molecule has 0 saturated carbocycles. The number of rotatable bonds is 9. The van der Waals surface area contributed by atoms with E-state index in [2.05, 4.69) is 33.4 Å². The Kier molecular flexibility index (Phi) is 10.1. The number of thiol groups is 1. The molecule has 0 aliphatic heterocycles. The molecular formula is C12H26OS. The van der Waals surface area contributed by atoms with Crippen molar-refractivity contribution in [3.05, 3.63) is 0 Å². The highest BCUT2D eigenvalue weighted by molar-refractivity contribution is 7.80. The zero-order valence-corrected chi connectivity index (χ0v) is 10.9. The summed E-state index contributed by atoms with van der Waals surface area (Å²) in [6, 6.07) is 0. The Hall–Kier alpha value is 0.310. The maximum Gasteiger partial charge on any atom is 0.0502 e. The molecule has 1 atom stereocenters. The van der Waals surface area contributed by atoms with Crippen molar-refractivity contribution in [2.75, 3.05) is 19.0 Å². The van der Waals surface area contributed by atoms with Crippen molar-refractivity contribution in [2.24, 2.45) is 11.8 Å². The minimum atomic E-state index is 0.655. The predicted octanol–water partition coefficient (Wildman–Crippen LogP) is 3.79. The van der Waals surface area contributed by atoms with Gasteiger partial charge in [-0.2, -0.15) is 12.6 Å². The van der Waals surface area contributed by atoms with Crippen molar-refractivity contribution in [3.8, 4) is 0 Å². The van der Waals surface area contributed by atoms with Crippen LogP contribution in [0.1, 0.15) is 46.5 Å². The van der Waals surface area contributed by atoms with E-state index in [4.69, 9.17) is 4.74 Å². The summed E-state index contributed by atoms with van der Waals surface area (Å²) in [7, 11) is 0. The number of hydrogen-bond acceptors (Lipinski definition) is 2. The van der Waals surface area contributed by atoms with E-state index in [0.717, 1.165) is 24.9 Å². The molecule has 0 radical (unpaired) electrons. The van der Waals surface area contributed by atoms with E-state index in [1.54, 1.807) is 0 Å². The molecule has 0 aromatic rings. The molecule has 86 valence electrons. The fraction of sp³-hybridized carbons (Fsp3) is 1.00. The molecule has 0 spiro atoms. The SMILES string of the molecule is CCCC(CS)COCCCC(C)C. The van der Waals surface area contributed by atoms with Crippen molar-refractivity contribution < 1.29 is 4.74 Å². The Labute approximate surface area is 95.0 Å². The topological polar surface area (TPSA) is 9.23 Å². The quantitative estimate of drug-likeness (QED) is 0.458. The second-order valence-electron chi connectivity index (χ2n) is 4.45. The van der Waals surface area contributed by atoms with Gasteiger partial charge in [-0.05, 0) is 36.9 Å². The van der Waals surface area contributed by atoms with Gasteiger partial charge in [-0.25, -0.2) is 0 Å². The van der Waals surface area contributed by atoms with Crippen molar-refractivity contribution in [1.82, 2.24) is 0 Å². The summed E-state index contributed by atoms with van der Waals surface area (Å²) in [4.78, 5) is 0. The van der Waals surface area contributed by atoms with Crippen molar-refractivity contribution >= 4 is 12.6 Å². The Bertz CT molecular complexity index is 115. The minimum absolute atomic E-state index is 0.655. The summed E-state index contributed by atoms with van der Waals surface area (Å²) >= 11 is 4.33. The van der Waals surface area contributed by atoms with Crippen LogP contribution >= 0.6 is 12.6 Å². The first-order valence-corrected chi connectivity index (χ1v) is 6.52. The lowest BCUT2D eigenvalue weighted by Crippen LogP contribution is -2.12. The monoisotopic (exact) mass is 218 g/mol. The average molecular weight is 218 g/mol. The summed E-state index contributed by atoms with van der Waals surface area (Å²) in [6.07, 6.45) is 4.96. The van der Waals surface area contributed by atoms with Gasteiger partial charge in [-0.3, -0.25) is 0 Å². The van der Waals surface area contributed by atoms with Gasteiger partial charge in [0.15, 0.2) is 0 Å². The van der Waals surface area contributed by atoms with Crippen LogP contribution in [-0.4, -0.2) is 19.0 Å². The third-order valence-electron chi connectivity index (χ3n) is 2.38. The van der Waals surface area contributed by atoms with Crippen LogP contribution in [0.15, 0.2) is 0 Å². The molecule has 0 heterocycles. The van der Waals surface area contributed by atoms with Crippen LogP contribution in [0.3, 0.4) is 0 Å². The fourth-order valence-electron chi connectivity index (χ4n) is 1.48. The Morgan fingerprint density at radius 1 is 1.21 bits per heavy atom. The molecule has 0 saturated heterocycles. The Morgan fingerprint density at radius 3 is 2.43 bits per heavy atom. The van der Waals surface area contributed by atoms with Gasteiger partial charge >= 0.3 is 0 Å². The largest absolute Gasteiger partial charge is 0.381 e. The lowest BCUT2D eigenvalue weighted by Gasteiger charge is -2.13. The predicted molar refractivity (Wildman–Crippen MR) is 67.1 cm³/mol. The third kappa shape index (κ3) is 8.89. The summed E-state index contributed by atoms with van der Waals surface area (Å²) < 4.78 is 5.64. The van der Waals surface area contributed by atoms with Gasteiger partial charge in [-0.1, -0.05) is 27.2 Å². The smallest absolute Gasteiger partial charge is 0.0502 e. The van der Waals surface area contributed by atoms with Gasteiger partial charge in [0.1, 0.15) is 0 Å². The molecule has 0 aromatic carbocycles. The van der Waals surface area contributed by atoms with Gasteiger partial charge in [0.2, 0.25) is 0 Å². The molecule has 0 rings (SSSR count). The van der Waals surface area contributed by atoms with Gasteiger partial charge < -0.3 is 4.74 Å². The Balaban J connectivity index is 3.24. The summed E-state index contributed by atoms with van der Waals surface area (Å²) in [5.41, 5.74) is 0. The molecule has 0 N–H and O–H groups in total. The van der Waals surface area contributed by atoms with Gasteiger partial charge in [0, 0.05) is 6.61 Å². The number of ether oxygens (including phenoxy) is 1. The molecule has 0 aromatic heterocycles. The molecular weight excluding hydrogens is 192 g/mol. The van der Waals surface area contributed by atoms with Crippen molar-refractivity contribution in [1.29, 1.82) is 0 Å². The van der Waals surface area contributed by atoms with E-state index in [-0.39, 0.29) is 0 Å². The molecule has 1 unspecified atom stereocenters. The molecule has 14 heavy (non-hydrogen) atoms. The maximum atomic E-state index is 5.64. The zero-order chi connectivity index (χ0) is 10.8. The van der Waals surface area contributed by atoms with E-state index in [9.17, 15) is 0 Å². The van der Waals surface area contributed by atoms with Crippen molar-refractivity contribution in [2.45, 2.75) is 46.5 Å².